The molecule has 0 spiro atoms. The maximum absolute atomic E-state index is 6.01. The third-order valence-corrected chi connectivity index (χ3v) is 4.63. The molecule has 20 heavy (non-hydrogen) atoms. The fraction of sp³-hybridized carbons (Fsp3) is 0.786. The van der Waals surface area contributed by atoms with Crippen molar-refractivity contribution in [2.75, 3.05) is 13.2 Å². The fourth-order valence-corrected chi connectivity index (χ4v) is 2.56. The summed E-state index contributed by atoms with van der Waals surface area (Å²) in [5.41, 5.74) is 0.212. The Bertz CT molecular complexity index is 465. The van der Waals surface area contributed by atoms with Gasteiger partial charge in [0.25, 0.3) is 0 Å². The molecule has 2 saturated heterocycles. The van der Waals surface area contributed by atoms with E-state index in [0.717, 1.165) is 31.8 Å². The topological polar surface area (TPSA) is 45.5 Å². The SMILES string of the molecule is CC1(C)OB(c2ccn(CC3CCOC3)n2)OC1(C)C. The lowest BCUT2D eigenvalue weighted by Crippen LogP contribution is -2.41. The minimum absolute atomic E-state index is 0.319. The van der Waals surface area contributed by atoms with Crippen molar-refractivity contribution in [3.63, 3.8) is 0 Å². The summed E-state index contributed by atoms with van der Waals surface area (Å²) in [6.45, 7) is 10.8. The van der Waals surface area contributed by atoms with Gasteiger partial charge in [-0.3, -0.25) is 4.68 Å². The quantitative estimate of drug-likeness (QED) is 0.780. The van der Waals surface area contributed by atoms with Crippen LogP contribution in [0.15, 0.2) is 12.3 Å². The van der Waals surface area contributed by atoms with Crippen LogP contribution in [0.5, 0.6) is 0 Å². The van der Waals surface area contributed by atoms with E-state index >= 15 is 0 Å². The molecule has 1 aromatic heterocycles. The highest BCUT2D eigenvalue weighted by Crippen LogP contribution is 2.36. The van der Waals surface area contributed by atoms with Gasteiger partial charge in [0.1, 0.15) is 0 Å². The zero-order valence-electron chi connectivity index (χ0n) is 12.8. The van der Waals surface area contributed by atoms with Crippen molar-refractivity contribution in [2.24, 2.45) is 5.92 Å². The number of ether oxygens (including phenoxy) is 1. The highest BCUT2D eigenvalue weighted by atomic mass is 16.7. The molecule has 0 radical (unpaired) electrons. The molecular formula is C14H23BN2O3. The summed E-state index contributed by atoms with van der Waals surface area (Å²) < 4.78 is 19.4. The predicted octanol–water partition coefficient (Wildman–Crippen LogP) is 1.22. The Hall–Kier alpha value is -0.845. The average Bonchev–Trinajstić information content (AvgIpc) is 3.02. The maximum Gasteiger partial charge on any atom is 0.516 e. The Labute approximate surface area is 120 Å². The molecule has 1 atom stereocenters. The van der Waals surface area contributed by atoms with Crippen LogP contribution in [-0.2, 0) is 20.6 Å². The Morgan fingerprint density at radius 3 is 2.60 bits per heavy atom. The molecule has 2 aliphatic heterocycles. The van der Waals surface area contributed by atoms with Gasteiger partial charge >= 0.3 is 7.12 Å². The van der Waals surface area contributed by atoms with Crippen LogP contribution in [-0.4, -0.2) is 41.3 Å². The highest BCUT2D eigenvalue weighted by Gasteiger charge is 2.52. The highest BCUT2D eigenvalue weighted by molar-refractivity contribution is 6.61. The van der Waals surface area contributed by atoms with Crippen LogP contribution in [0.25, 0.3) is 0 Å². The van der Waals surface area contributed by atoms with Crippen molar-refractivity contribution in [1.29, 1.82) is 0 Å². The minimum Gasteiger partial charge on any atom is -0.398 e. The summed E-state index contributed by atoms with van der Waals surface area (Å²) in [5, 5.41) is 4.60. The van der Waals surface area contributed by atoms with Crippen LogP contribution in [0.4, 0.5) is 0 Å². The largest absolute Gasteiger partial charge is 0.516 e. The van der Waals surface area contributed by atoms with Gasteiger partial charge in [0, 0.05) is 25.3 Å². The molecule has 5 nitrogen and oxygen atoms in total. The first-order valence-electron chi connectivity index (χ1n) is 7.34. The molecule has 2 fully saturated rings. The van der Waals surface area contributed by atoms with E-state index in [-0.39, 0.29) is 18.3 Å². The molecule has 3 rings (SSSR count). The lowest BCUT2D eigenvalue weighted by Gasteiger charge is -2.32. The Balaban J connectivity index is 1.68. The summed E-state index contributed by atoms with van der Waals surface area (Å²) in [4.78, 5) is 0. The van der Waals surface area contributed by atoms with E-state index in [4.69, 9.17) is 14.0 Å². The van der Waals surface area contributed by atoms with Gasteiger partial charge in [-0.05, 0) is 40.2 Å². The lowest BCUT2D eigenvalue weighted by atomic mass is 9.85. The van der Waals surface area contributed by atoms with Gasteiger partial charge in [-0.15, -0.1) is 0 Å². The zero-order valence-corrected chi connectivity index (χ0v) is 12.8. The summed E-state index contributed by atoms with van der Waals surface area (Å²) in [6.07, 6.45) is 3.12. The van der Waals surface area contributed by atoms with E-state index in [0.29, 0.717) is 5.92 Å². The van der Waals surface area contributed by atoms with E-state index in [1.807, 2.05) is 16.9 Å². The molecule has 110 valence electrons. The first kappa shape index (κ1) is 14.1. The van der Waals surface area contributed by atoms with Crippen molar-refractivity contribution >= 4 is 12.7 Å². The van der Waals surface area contributed by atoms with Crippen molar-refractivity contribution in [3.05, 3.63) is 12.3 Å². The second-order valence-electron chi connectivity index (χ2n) is 6.78. The molecule has 0 N–H and O–H groups in total. The molecule has 3 heterocycles. The summed E-state index contributed by atoms with van der Waals surface area (Å²) in [7, 11) is -0.374. The molecule has 0 amide bonds. The molecule has 1 unspecified atom stereocenters. The van der Waals surface area contributed by atoms with E-state index in [2.05, 4.69) is 32.8 Å². The van der Waals surface area contributed by atoms with E-state index < -0.39 is 0 Å². The Morgan fingerprint density at radius 1 is 1.30 bits per heavy atom. The molecule has 0 aliphatic carbocycles. The summed E-state index contributed by atoms with van der Waals surface area (Å²) >= 11 is 0. The third-order valence-electron chi connectivity index (χ3n) is 4.63. The maximum atomic E-state index is 6.01. The van der Waals surface area contributed by atoms with Crippen molar-refractivity contribution in [2.45, 2.75) is 51.9 Å². The van der Waals surface area contributed by atoms with Crippen LogP contribution < -0.4 is 5.59 Å². The molecule has 6 heteroatoms. The first-order chi connectivity index (χ1) is 9.37. The summed E-state index contributed by atoms with van der Waals surface area (Å²) in [5.74, 6) is 0.570. The van der Waals surface area contributed by atoms with E-state index in [9.17, 15) is 0 Å². The molecule has 0 saturated carbocycles. The smallest absolute Gasteiger partial charge is 0.398 e. The Kier molecular flexibility index (Phi) is 3.43. The third kappa shape index (κ3) is 2.52. The molecule has 2 aliphatic rings. The van der Waals surface area contributed by atoms with Crippen molar-refractivity contribution in [1.82, 2.24) is 9.78 Å². The normalized spacial score (nSPS) is 28.2. The average molecular weight is 278 g/mol. The van der Waals surface area contributed by atoms with Gasteiger partial charge in [0.15, 0.2) is 0 Å². The van der Waals surface area contributed by atoms with Crippen molar-refractivity contribution in [3.8, 4) is 0 Å². The Morgan fingerprint density at radius 2 is 2.00 bits per heavy atom. The number of aromatic nitrogens is 2. The first-order valence-corrected chi connectivity index (χ1v) is 7.34. The monoisotopic (exact) mass is 278 g/mol. The molecule has 0 bridgehead atoms. The second-order valence-corrected chi connectivity index (χ2v) is 6.78. The lowest BCUT2D eigenvalue weighted by molar-refractivity contribution is 0.00578. The number of rotatable bonds is 3. The molecular weight excluding hydrogens is 255 g/mol. The standard InChI is InChI=1S/C14H23BN2O3/c1-13(2)14(3,4)20-15(19-13)12-5-7-17(16-12)9-11-6-8-18-10-11/h5,7,11H,6,8-10H2,1-4H3. The van der Waals surface area contributed by atoms with Gasteiger partial charge < -0.3 is 14.0 Å². The van der Waals surface area contributed by atoms with Gasteiger partial charge in [-0.1, -0.05) is 0 Å². The number of hydrogen-bond acceptors (Lipinski definition) is 4. The van der Waals surface area contributed by atoms with Crippen LogP contribution in [0.2, 0.25) is 0 Å². The van der Waals surface area contributed by atoms with Crippen LogP contribution >= 0.6 is 0 Å². The van der Waals surface area contributed by atoms with Gasteiger partial charge in [0.05, 0.1) is 23.4 Å². The zero-order chi connectivity index (χ0) is 14.4. The van der Waals surface area contributed by atoms with Crippen LogP contribution in [0.1, 0.15) is 34.1 Å². The predicted molar refractivity (Wildman–Crippen MR) is 76.9 cm³/mol. The minimum atomic E-state index is -0.374. The van der Waals surface area contributed by atoms with Gasteiger partial charge in [-0.2, -0.15) is 5.10 Å². The van der Waals surface area contributed by atoms with Gasteiger partial charge in [0.2, 0.25) is 0 Å². The fourth-order valence-electron chi connectivity index (χ4n) is 2.56. The molecule has 0 aromatic carbocycles. The van der Waals surface area contributed by atoms with Crippen LogP contribution in [0.3, 0.4) is 0 Å². The van der Waals surface area contributed by atoms with E-state index in [1.54, 1.807) is 0 Å². The van der Waals surface area contributed by atoms with Crippen LogP contribution in [0, 0.1) is 5.92 Å². The number of hydrogen-bond donors (Lipinski definition) is 0. The second kappa shape index (κ2) is 4.86. The van der Waals surface area contributed by atoms with Crippen molar-refractivity contribution < 1.29 is 14.0 Å². The van der Waals surface area contributed by atoms with Gasteiger partial charge in [-0.25, -0.2) is 0 Å². The van der Waals surface area contributed by atoms with E-state index in [1.165, 1.54) is 0 Å². The summed E-state index contributed by atoms with van der Waals surface area (Å²) in [6, 6.07) is 1.98. The molecule has 1 aromatic rings. The number of nitrogens with zero attached hydrogens (tertiary/aromatic N) is 2.